The molecule has 0 aliphatic rings. The number of hydrogen-bond donors (Lipinski definition) is 1. The van der Waals surface area contributed by atoms with E-state index in [0.29, 0.717) is 12.4 Å². The molecule has 1 aromatic carbocycles. The lowest BCUT2D eigenvalue weighted by Crippen LogP contribution is -2.40. The second-order valence-electron chi connectivity index (χ2n) is 5.11. The van der Waals surface area contributed by atoms with Gasteiger partial charge in [-0.1, -0.05) is 17.7 Å². The molecule has 0 spiro atoms. The molecule has 1 rings (SSSR count). The van der Waals surface area contributed by atoms with Gasteiger partial charge in [0.2, 0.25) is 10.0 Å². The van der Waals surface area contributed by atoms with Crippen LogP contribution >= 0.6 is 0 Å². The first-order chi connectivity index (χ1) is 10.8. The summed E-state index contributed by atoms with van der Waals surface area (Å²) in [6.45, 7) is 2.82. The van der Waals surface area contributed by atoms with Crippen LogP contribution in [-0.2, 0) is 19.6 Å². The number of hydrogen-bond acceptors (Lipinski definition) is 5. The van der Waals surface area contributed by atoms with Gasteiger partial charge in [-0.15, -0.1) is 0 Å². The van der Waals surface area contributed by atoms with Gasteiger partial charge in [-0.05, 0) is 19.1 Å². The Hall–Kier alpha value is -1.64. The van der Waals surface area contributed by atoms with E-state index in [9.17, 15) is 13.2 Å². The molecule has 130 valence electrons. The first kappa shape index (κ1) is 19.4. The molecule has 0 unspecified atom stereocenters. The van der Waals surface area contributed by atoms with Crippen molar-refractivity contribution in [3.05, 3.63) is 29.8 Å². The third kappa shape index (κ3) is 7.96. The van der Waals surface area contributed by atoms with Gasteiger partial charge in [-0.25, -0.2) is 8.42 Å². The molecule has 0 bridgehead atoms. The third-order valence-corrected chi connectivity index (χ3v) is 4.39. The van der Waals surface area contributed by atoms with Gasteiger partial charge in [0.25, 0.3) is 5.91 Å². The van der Waals surface area contributed by atoms with Crippen molar-refractivity contribution < 1.29 is 22.7 Å². The van der Waals surface area contributed by atoms with Crippen LogP contribution in [0.15, 0.2) is 24.3 Å². The second kappa shape index (κ2) is 9.49. The number of aryl methyl sites for hydroxylation is 1. The molecule has 8 heteroatoms. The molecule has 0 aromatic heterocycles. The van der Waals surface area contributed by atoms with Crippen LogP contribution in [0, 0.1) is 6.92 Å². The molecule has 7 nitrogen and oxygen atoms in total. The zero-order chi connectivity index (χ0) is 17.3. The van der Waals surface area contributed by atoms with Crippen molar-refractivity contribution in [2.45, 2.75) is 6.92 Å². The zero-order valence-corrected chi connectivity index (χ0v) is 14.6. The van der Waals surface area contributed by atoms with Crippen LogP contribution in [0.4, 0.5) is 0 Å². The smallest absolute Gasteiger partial charge is 0.257 e. The first-order valence-corrected chi connectivity index (χ1v) is 9.08. The summed E-state index contributed by atoms with van der Waals surface area (Å²) in [6, 6.07) is 7.37. The molecule has 0 atom stereocenters. The SMILES string of the molecule is COCCN(CCNC(=O)COc1ccc(C)cc1)S(C)(=O)=O. The van der Waals surface area contributed by atoms with Crippen molar-refractivity contribution >= 4 is 15.9 Å². The van der Waals surface area contributed by atoms with Crippen LogP contribution in [0.3, 0.4) is 0 Å². The highest BCUT2D eigenvalue weighted by molar-refractivity contribution is 7.88. The Morgan fingerprint density at radius 1 is 1.22 bits per heavy atom. The van der Waals surface area contributed by atoms with Gasteiger partial charge in [0.05, 0.1) is 12.9 Å². The monoisotopic (exact) mass is 344 g/mol. The topological polar surface area (TPSA) is 84.9 Å². The quantitative estimate of drug-likeness (QED) is 0.664. The van der Waals surface area contributed by atoms with E-state index < -0.39 is 10.0 Å². The van der Waals surface area contributed by atoms with Crippen LogP contribution in [0.1, 0.15) is 5.56 Å². The number of methoxy groups -OCH3 is 1. The molecule has 1 amide bonds. The Morgan fingerprint density at radius 2 is 1.87 bits per heavy atom. The van der Waals surface area contributed by atoms with Gasteiger partial charge in [-0.3, -0.25) is 4.79 Å². The van der Waals surface area contributed by atoms with E-state index in [1.165, 1.54) is 11.4 Å². The van der Waals surface area contributed by atoms with Gasteiger partial charge in [0.1, 0.15) is 5.75 Å². The predicted octanol–water partition coefficient (Wildman–Crippen LogP) is 0.398. The highest BCUT2D eigenvalue weighted by Gasteiger charge is 2.16. The highest BCUT2D eigenvalue weighted by atomic mass is 32.2. The Balaban J connectivity index is 2.32. The number of nitrogens with one attached hydrogen (secondary N) is 1. The lowest BCUT2D eigenvalue weighted by molar-refractivity contribution is -0.123. The van der Waals surface area contributed by atoms with Crippen LogP contribution in [-0.4, -0.2) is 64.8 Å². The number of sulfonamides is 1. The molecular formula is C15H24N2O5S. The fourth-order valence-electron chi connectivity index (χ4n) is 1.79. The summed E-state index contributed by atoms with van der Waals surface area (Å²) >= 11 is 0. The van der Waals surface area contributed by atoms with E-state index in [-0.39, 0.29) is 32.1 Å². The van der Waals surface area contributed by atoms with Crippen molar-refractivity contribution in [3.8, 4) is 5.75 Å². The number of carbonyl (C=O) groups is 1. The van der Waals surface area contributed by atoms with E-state index in [0.717, 1.165) is 11.8 Å². The highest BCUT2D eigenvalue weighted by Crippen LogP contribution is 2.10. The summed E-state index contributed by atoms with van der Waals surface area (Å²) in [7, 11) is -1.82. The van der Waals surface area contributed by atoms with Crippen molar-refractivity contribution in [1.29, 1.82) is 0 Å². The standard InChI is InChI=1S/C15H24N2O5S/c1-13-4-6-14(7-5-13)22-12-15(18)16-8-9-17(10-11-21-2)23(3,19)20/h4-7H,8-12H2,1-3H3,(H,16,18). The van der Waals surface area contributed by atoms with E-state index in [1.807, 2.05) is 19.1 Å². The molecule has 0 aliphatic heterocycles. The van der Waals surface area contributed by atoms with Crippen molar-refractivity contribution in [1.82, 2.24) is 9.62 Å². The predicted molar refractivity (Wildman–Crippen MR) is 88.0 cm³/mol. The fraction of sp³-hybridized carbons (Fsp3) is 0.533. The normalized spacial score (nSPS) is 11.5. The molecule has 0 radical (unpaired) electrons. The maximum atomic E-state index is 11.7. The van der Waals surface area contributed by atoms with Gasteiger partial charge in [0.15, 0.2) is 6.61 Å². The average Bonchev–Trinajstić information content (AvgIpc) is 2.49. The minimum atomic E-state index is -3.32. The summed E-state index contributed by atoms with van der Waals surface area (Å²) in [4.78, 5) is 11.7. The van der Waals surface area contributed by atoms with Gasteiger partial charge in [-0.2, -0.15) is 4.31 Å². The molecule has 1 N–H and O–H groups in total. The van der Waals surface area contributed by atoms with Crippen LogP contribution in [0.2, 0.25) is 0 Å². The number of ether oxygens (including phenoxy) is 2. The molecule has 0 fully saturated rings. The molecule has 0 heterocycles. The summed E-state index contributed by atoms with van der Waals surface area (Å²) in [6.07, 6.45) is 1.13. The Bertz CT molecular complexity index is 586. The molecule has 0 saturated carbocycles. The summed E-state index contributed by atoms with van der Waals surface area (Å²) < 4.78 is 34.7. The maximum absolute atomic E-state index is 11.7. The van der Waals surface area contributed by atoms with Gasteiger partial charge < -0.3 is 14.8 Å². The van der Waals surface area contributed by atoms with Crippen LogP contribution in [0.5, 0.6) is 5.75 Å². The number of rotatable bonds is 10. The number of nitrogens with zero attached hydrogens (tertiary/aromatic N) is 1. The largest absolute Gasteiger partial charge is 0.484 e. The fourth-order valence-corrected chi connectivity index (χ4v) is 2.62. The zero-order valence-electron chi connectivity index (χ0n) is 13.7. The van der Waals surface area contributed by atoms with E-state index >= 15 is 0 Å². The lowest BCUT2D eigenvalue weighted by atomic mass is 10.2. The van der Waals surface area contributed by atoms with E-state index in [2.05, 4.69) is 5.32 Å². The lowest BCUT2D eigenvalue weighted by Gasteiger charge is -2.19. The number of carbonyl (C=O) groups excluding carboxylic acids is 1. The van der Waals surface area contributed by atoms with E-state index in [1.54, 1.807) is 12.1 Å². The number of benzene rings is 1. The average molecular weight is 344 g/mol. The molecule has 0 aliphatic carbocycles. The first-order valence-electron chi connectivity index (χ1n) is 7.23. The summed E-state index contributed by atoms with van der Waals surface area (Å²) in [5, 5.41) is 2.63. The minimum Gasteiger partial charge on any atom is -0.484 e. The summed E-state index contributed by atoms with van der Waals surface area (Å²) in [5.41, 5.74) is 1.11. The second-order valence-corrected chi connectivity index (χ2v) is 7.09. The Labute approximate surface area is 137 Å². The Morgan fingerprint density at radius 3 is 2.43 bits per heavy atom. The third-order valence-electron chi connectivity index (χ3n) is 3.09. The Kier molecular flexibility index (Phi) is 8.01. The molecule has 23 heavy (non-hydrogen) atoms. The van der Waals surface area contributed by atoms with Crippen molar-refractivity contribution in [3.63, 3.8) is 0 Å². The number of amides is 1. The minimum absolute atomic E-state index is 0.111. The van der Waals surface area contributed by atoms with Crippen LogP contribution < -0.4 is 10.1 Å². The van der Waals surface area contributed by atoms with Gasteiger partial charge in [0, 0.05) is 26.7 Å². The van der Waals surface area contributed by atoms with Gasteiger partial charge >= 0.3 is 0 Å². The van der Waals surface area contributed by atoms with E-state index in [4.69, 9.17) is 9.47 Å². The van der Waals surface area contributed by atoms with Crippen molar-refractivity contribution in [2.75, 3.05) is 46.2 Å². The van der Waals surface area contributed by atoms with Crippen LogP contribution in [0.25, 0.3) is 0 Å². The molecule has 0 saturated heterocycles. The van der Waals surface area contributed by atoms with Crippen molar-refractivity contribution in [2.24, 2.45) is 0 Å². The maximum Gasteiger partial charge on any atom is 0.257 e. The summed E-state index contributed by atoms with van der Waals surface area (Å²) in [5.74, 6) is 0.314. The molecule has 1 aromatic rings. The molecular weight excluding hydrogens is 320 g/mol.